The molecule has 0 heterocycles. The Morgan fingerprint density at radius 3 is 2.38 bits per heavy atom. The van der Waals surface area contributed by atoms with Crippen molar-refractivity contribution in [3.05, 3.63) is 58.7 Å². The molecule has 4 heteroatoms. The van der Waals surface area contributed by atoms with Crippen molar-refractivity contribution in [1.29, 1.82) is 0 Å². The van der Waals surface area contributed by atoms with Crippen LogP contribution in [0, 0.1) is 6.92 Å². The molecule has 0 N–H and O–H groups in total. The van der Waals surface area contributed by atoms with Gasteiger partial charge < -0.3 is 14.4 Å². The van der Waals surface area contributed by atoms with Crippen LogP contribution >= 0.6 is 0 Å². The third-order valence-corrected chi connectivity index (χ3v) is 4.89. The highest BCUT2D eigenvalue weighted by atomic mass is 16.5. The van der Waals surface area contributed by atoms with Gasteiger partial charge in [0.1, 0.15) is 11.5 Å². The van der Waals surface area contributed by atoms with Crippen LogP contribution in [0.3, 0.4) is 0 Å². The standard InChI is InChI=1S/C20H23NO3/c1-13-18(23-3)11-15(12-19(13)24-4)20(22)21(2)17-10-9-14-7-5-6-8-16(14)17/h5-8,11-12,17H,9-10H2,1-4H3. The number of carbonyl (C=O) groups is 1. The first-order chi connectivity index (χ1) is 11.6. The molecule has 0 fully saturated rings. The number of methoxy groups -OCH3 is 2. The van der Waals surface area contributed by atoms with E-state index in [4.69, 9.17) is 9.47 Å². The maximum absolute atomic E-state index is 13.0. The summed E-state index contributed by atoms with van der Waals surface area (Å²) in [6.07, 6.45) is 1.97. The van der Waals surface area contributed by atoms with Gasteiger partial charge in [-0.2, -0.15) is 0 Å². The minimum atomic E-state index is -0.0201. The van der Waals surface area contributed by atoms with Crippen LogP contribution in [0.15, 0.2) is 36.4 Å². The molecular weight excluding hydrogens is 302 g/mol. The smallest absolute Gasteiger partial charge is 0.254 e. The van der Waals surface area contributed by atoms with Crippen molar-refractivity contribution in [1.82, 2.24) is 4.90 Å². The molecule has 1 amide bonds. The van der Waals surface area contributed by atoms with Gasteiger partial charge in [-0.3, -0.25) is 4.79 Å². The Kier molecular flexibility index (Phi) is 4.47. The first-order valence-electron chi connectivity index (χ1n) is 8.14. The van der Waals surface area contributed by atoms with Gasteiger partial charge >= 0.3 is 0 Å². The molecule has 4 nitrogen and oxygen atoms in total. The largest absolute Gasteiger partial charge is 0.496 e. The van der Waals surface area contributed by atoms with Crippen LogP contribution in [-0.2, 0) is 6.42 Å². The van der Waals surface area contributed by atoms with E-state index < -0.39 is 0 Å². The van der Waals surface area contributed by atoms with E-state index in [0.29, 0.717) is 17.1 Å². The zero-order valence-electron chi connectivity index (χ0n) is 14.6. The van der Waals surface area contributed by atoms with Crippen LogP contribution in [0.25, 0.3) is 0 Å². The van der Waals surface area contributed by atoms with E-state index in [9.17, 15) is 4.79 Å². The number of carbonyl (C=O) groups excluding carboxylic acids is 1. The summed E-state index contributed by atoms with van der Waals surface area (Å²) < 4.78 is 10.8. The molecule has 1 aliphatic carbocycles. The molecule has 2 aromatic rings. The third kappa shape index (κ3) is 2.73. The molecule has 0 aromatic heterocycles. The molecule has 0 spiro atoms. The van der Waals surface area contributed by atoms with Crippen LogP contribution in [0.1, 0.15) is 39.5 Å². The monoisotopic (exact) mass is 325 g/mol. The minimum Gasteiger partial charge on any atom is -0.496 e. The number of rotatable bonds is 4. The van der Waals surface area contributed by atoms with E-state index in [-0.39, 0.29) is 11.9 Å². The summed E-state index contributed by atoms with van der Waals surface area (Å²) in [5.41, 5.74) is 4.06. The fourth-order valence-corrected chi connectivity index (χ4v) is 3.49. The fourth-order valence-electron chi connectivity index (χ4n) is 3.49. The predicted molar refractivity (Wildman–Crippen MR) is 93.9 cm³/mol. The number of aryl methyl sites for hydroxylation is 1. The Bertz CT molecular complexity index is 744. The zero-order chi connectivity index (χ0) is 17.3. The number of fused-ring (bicyclic) bond motifs is 1. The van der Waals surface area contributed by atoms with E-state index in [1.165, 1.54) is 11.1 Å². The van der Waals surface area contributed by atoms with Gasteiger partial charge in [0, 0.05) is 18.2 Å². The zero-order valence-corrected chi connectivity index (χ0v) is 14.6. The first kappa shape index (κ1) is 16.4. The molecule has 126 valence electrons. The van der Waals surface area contributed by atoms with Crippen LogP contribution in [0.4, 0.5) is 0 Å². The van der Waals surface area contributed by atoms with Crippen molar-refractivity contribution in [2.75, 3.05) is 21.3 Å². The lowest BCUT2D eigenvalue weighted by molar-refractivity contribution is 0.0730. The summed E-state index contributed by atoms with van der Waals surface area (Å²) in [4.78, 5) is 14.8. The summed E-state index contributed by atoms with van der Waals surface area (Å²) in [5, 5.41) is 0. The van der Waals surface area contributed by atoms with Crippen LogP contribution < -0.4 is 9.47 Å². The summed E-state index contributed by atoms with van der Waals surface area (Å²) in [6.45, 7) is 1.92. The van der Waals surface area contributed by atoms with E-state index in [2.05, 4.69) is 18.2 Å². The SMILES string of the molecule is COc1cc(C(=O)N(C)C2CCc3ccccc32)cc(OC)c1C. The number of nitrogens with zero attached hydrogens (tertiary/aromatic N) is 1. The molecular formula is C20H23NO3. The topological polar surface area (TPSA) is 38.8 Å². The van der Waals surface area contributed by atoms with Gasteiger partial charge in [0.25, 0.3) is 5.91 Å². The van der Waals surface area contributed by atoms with E-state index in [1.54, 1.807) is 26.4 Å². The van der Waals surface area contributed by atoms with Gasteiger partial charge in [-0.15, -0.1) is 0 Å². The lowest BCUT2D eigenvalue weighted by atomic mass is 10.0. The van der Waals surface area contributed by atoms with Crippen molar-refractivity contribution in [3.8, 4) is 11.5 Å². The molecule has 0 bridgehead atoms. The number of benzene rings is 2. The summed E-state index contributed by atoms with van der Waals surface area (Å²) >= 11 is 0. The van der Waals surface area contributed by atoms with Gasteiger partial charge in [-0.25, -0.2) is 0 Å². The Balaban J connectivity index is 1.92. The number of hydrogen-bond acceptors (Lipinski definition) is 3. The predicted octanol–water partition coefficient (Wildman–Crippen LogP) is 3.77. The summed E-state index contributed by atoms with van der Waals surface area (Å²) in [5.74, 6) is 1.31. The van der Waals surface area contributed by atoms with Gasteiger partial charge in [-0.05, 0) is 43.0 Å². The fraction of sp³-hybridized carbons (Fsp3) is 0.350. The first-order valence-corrected chi connectivity index (χ1v) is 8.14. The summed E-state index contributed by atoms with van der Waals surface area (Å²) in [6, 6.07) is 12.0. The second-order valence-electron chi connectivity index (χ2n) is 6.18. The van der Waals surface area contributed by atoms with Crippen molar-refractivity contribution in [3.63, 3.8) is 0 Å². The van der Waals surface area contributed by atoms with Crippen LogP contribution in [0.5, 0.6) is 11.5 Å². The van der Waals surface area contributed by atoms with Crippen LogP contribution in [0.2, 0.25) is 0 Å². The quantitative estimate of drug-likeness (QED) is 0.859. The van der Waals surface area contributed by atoms with Gasteiger partial charge in [0.05, 0.1) is 20.3 Å². The van der Waals surface area contributed by atoms with Gasteiger partial charge in [-0.1, -0.05) is 24.3 Å². The molecule has 0 saturated heterocycles. The Hall–Kier alpha value is -2.49. The molecule has 1 atom stereocenters. The van der Waals surface area contributed by atoms with E-state index >= 15 is 0 Å². The summed E-state index contributed by atoms with van der Waals surface area (Å²) in [7, 11) is 5.08. The minimum absolute atomic E-state index is 0.0201. The van der Waals surface area contributed by atoms with E-state index in [1.807, 2.05) is 24.9 Å². The van der Waals surface area contributed by atoms with Gasteiger partial charge in [0.2, 0.25) is 0 Å². The maximum atomic E-state index is 13.0. The Morgan fingerprint density at radius 1 is 1.12 bits per heavy atom. The third-order valence-electron chi connectivity index (χ3n) is 4.89. The second-order valence-corrected chi connectivity index (χ2v) is 6.18. The lowest BCUT2D eigenvalue weighted by Crippen LogP contribution is -2.30. The highest BCUT2D eigenvalue weighted by Gasteiger charge is 2.29. The molecule has 0 aliphatic heterocycles. The van der Waals surface area contributed by atoms with Crippen molar-refractivity contribution in [2.24, 2.45) is 0 Å². The van der Waals surface area contributed by atoms with E-state index in [0.717, 1.165) is 18.4 Å². The molecule has 0 saturated carbocycles. The van der Waals surface area contributed by atoms with Gasteiger partial charge in [0.15, 0.2) is 0 Å². The molecule has 1 unspecified atom stereocenters. The van der Waals surface area contributed by atoms with Crippen molar-refractivity contribution < 1.29 is 14.3 Å². The normalized spacial score (nSPS) is 15.8. The van der Waals surface area contributed by atoms with Crippen molar-refractivity contribution in [2.45, 2.75) is 25.8 Å². The molecule has 2 aromatic carbocycles. The number of ether oxygens (including phenoxy) is 2. The molecule has 0 radical (unpaired) electrons. The Morgan fingerprint density at radius 2 is 1.75 bits per heavy atom. The second kappa shape index (κ2) is 6.56. The molecule has 3 rings (SSSR count). The number of amides is 1. The maximum Gasteiger partial charge on any atom is 0.254 e. The number of hydrogen-bond donors (Lipinski definition) is 0. The Labute approximate surface area is 143 Å². The van der Waals surface area contributed by atoms with Crippen molar-refractivity contribution >= 4 is 5.91 Å². The lowest BCUT2D eigenvalue weighted by Gasteiger charge is -2.26. The average Bonchev–Trinajstić information content (AvgIpc) is 3.04. The highest BCUT2D eigenvalue weighted by molar-refractivity contribution is 5.95. The average molecular weight is 325 g/mol. The highest BCUT2D eigenvalue weighted by Crippen LogP contribution is 2.36. The molecule has 1 aliphatic rings. The molecule has 24 heavy (non-hydrogen) atoms. The van der Waals surface area contributed by atoms with Crippen LogP contribution in [-0.4, -0.2) is 32.1 Å².